The fourth-order valence-corrected chi connectivity index (χ4v) is 3.18. The molecule has 5 nitrogen and oxygen atoms in total. The summed E-state index contributed by atoms with van der Waals surface area (Å²) in [6.07, 6.45) is 1.97. The summed E-state index contributed by atoms with van der Waals surface area (Å²) in [6.45, 7) is 3.15. The van der Waals surface area contributed by atoms with Crippen LogP contribution in [0.25, 0.3) is 0 Å². The van der Waals surface area contributed by atoms with E-state index in [1.165, 1.54) is 12.1 Å². The van der Waals surface area contributed by atoms with Crippen LogP contribution in [-0.2, 0) is 0 Å². The summed E-state index contributed by atoms with van der Waals surface area (Å²) in [5.74, 6) is -0.122. The molecule has 1 aliphatic rings. The van der Waals surface area contributed by atoms with Crippen molar-refractivity contribution in [1.29, 1.82) is 0 Å². The third-order valence-electron chi connectivity index (χ3n) is 4.59. The molecule has 2 heterocycles. The average Bonchev–Trinajstić information content (AvgIpc) is 2.58. The maximum absolute atomic E-state index is 13.1. The Labute approximate surface area is 169 Å². The molecule has 2 aromatic rings. The maximum Gasteiger partial charge on any atom is 0.258 e. The molecule has 2 atom stereocenters. The summed E-state index contributed by atoms with van der Waals surface area (Å²) < 4.78 is 19.1. The highest BCUT2D eigenvalue weighted by Gasteiger charge is 2.24. The van der Waals surface area contributed by atoms with E-state index in [-0.39, 0.29) is 29.1 Å². The van der Waals surface area contributed by atoms with Crippen LogP contribution in [0.15, 0.2) is 36.4 Å². The van der Waals surface area contributed by atoms with Gasteiger partial charge in [0.1, 0.15) is 17.7 Å². The molecular formula is C19H22Cl2FN3O2. The summed E-state index contributed by atoms with van der Waals surface area (Å²) >= 11 is 5.93. The van der Waals surface area contributed by atoms with Crippen molar-refractivity contribution in [3.63, 3.8) is 0 Å². The van der Waals surface area contributed by atoms with Crippen LogP contribution in [0, 0.1) is 5.82 Å². The van der Waals surface area contributed by atoms with Crippen molar-refractivity contribution in [3.8, 4) is 5.88 Å². The number of carbonyl (C=O) groups excluding carboxylic acids is 1. The normalized spacial score (nSPS) is 19.9. The molecule has 8 heteroatoms. The first-order valence-corrected chi connectivity index (χ1v) is 8.90. The first kappa shape index (κ1) is 21.4. The highest BCUT2D eigenvalue weighted by Crippen LogP contribution is 2.22. The largest absolute Gasteiger partial charge is 0.474 e. The minimum Gasteiger partial charge on any atom is -0.474 e. The Morgan fingerprint density at radius 3 is 2.85 bits per heavy atom. The summed E-state index contributed by atoms with van der Waals surface area (Å²) in [4.78, 5) is 19.0. The Kier molecular flexibility index (Phi) is 7.41. The number of aromatic nitrogens is 1. The van der Waals surface area contributed by atoms with Crippen molar-refractivity contribution in [2.45, 2.75) is 31.9 Å². The van der Waals surface area contributed by atoms with Crippen LogP contribution < -0.4 is 10.1 Å². The Hall–Kier alpha value is -1.89. The lowest BCUT2D eigenvalue weighted by Crippen LogP contribution is -2.42. The van der Waals surface area contributed by atoms with E-state index >= 15 is 0 Å². The Morgan fingerprint density at radius 1 is 1.37 bits per heavy atom. The van der Waals surface area contributed by atoms with E-state index in [9.17, 15) is 9.18 Å². The maximum atomic E-state index is 13.1. The second-order valence-electron chi connectivity index (χ2n) is 6.53. The monoisotopic (exact) mass is 413 g/mol. The molecule has 1 aromatic heterocycles. The molecule has 0 bridgehead atoms. The van der Waals surface area contributed by atoms with E-state index in [1.54, 1.807) is 18.2 Å². The van der Waals surface area contributed by atoms with Gasteiger partial charge in [-0.05, 0) is 51.1 Å². The fraction of sp³-hybridized carbons (Fsp3) is 0.368. The van der Waals surface area contributed by atoms with Gasteiger partial charge in [-0.3, -0.25) is 4.79 Å². The number of halogens is 3. The molecule has 3 rings (SSSR count). The van der Waals surface area contributed by atoms with E-state index in [0.29, 0.717) is 17.7 Å². The number of pyridine rings is 1. The molecule has 0 aliphatic carbocycles. The molecule has 1 fully saturated rings. The van der Waals surface area contributed by atoms with Crippen LogP contribution in [0.3, 0.4) is 0 Å². The molecule has 146 valence electrons. The van der Waals surface area contributed by atoms with Gasteiger partial charge in [0.2, 0.25) is 5.88 Å². The van der Waals surface area contributed by atoms with Gasteiger partial charge in [0.05, 0.1) is 10.6 Å². The smallest absolute Gasteiger partial charge is 0.258 e. The number of ether oxygens (including phenoxy) is 1. The molecule has 0 spiro atoms. The van der Waals surface area contributed by atoms with Crippen LogP contribution in [0.4, 0.5) is 10.2 Å². The molecule has 1 aliphatic heterocycles. The zero-order chi connectivity index (χ0) is 18.7. The van der Waals surface area contributed by atoms with Gasteiger partial charge in [-0.1, -0.05) is 17.7 Å². The molecule has 27 heavy (non-hydrogen) atoms. The molecule has 1 aromatic carbocycles. The fourth-order valence-electron chi connectivity index (χ4n) is 2.93. The zero-order valence-corrected chi connectivity index (χ0v) is 16.7. The Morgan fingerprint density at radius 2 is 2.15 bits per heavy atom. The van der Waals surface area contributed by atoms with Crippen LogP contribution in [0.5, 0.6) is 5.88 Å². The van der Waals surface area contributed by atoms with Gasteiger partial charge in [-0.15, -0.1) is 12.4 Å². The molecule has 1 saturated heterocycles. The lowest BCUT2D eigenvalue weighted by molar-refractivity contribution is 0.0760. The van der Waals surface area contributed by atoms with Crippen LogP contribution >= 0.6 is 24.0 Å². The minimum atomic E-state index is -0.493. The molecular weight excluding hydrogens is 392 g/mol. The van der Waals surface area contributed by atoms with Crippen molar-refractivity contribution < 1.29 is 13.9 Å². The summed E-state index contributed by atoms with van der Waals surface area (Å²) in [6, 6.07) is 9.29. The number of nitrogens with one attached hydrogen (secondary N) is 1. The number of piperidine rings is 1. The Bertz CT molecular complexity index is 806. The van der Waals surface area contributed by atoms with Crippen molar-refractivity contribution in [2.75, 3.05) is 18.9 Å². The quantitative estimate of drug-likeness (QED) is 0.806. The van der Waals surface area contributed by atoms with Gasteiger partial charge in [-0.2, -0.15) is 4.98 Å². The van der Waals surface area contributed by atoms with Crippen LogP contribution in [0.2, 0.25) is 5.02 Å². The molecule has 0 radical (unpaired) electrons. The summed E-state index contributed by atoms with van der Waals surface area (Å²) in [5.41, 5.74) is 0.185. The van der Waals surface area contributed by atoms with Gasteiger partial charge >= 0.3 is 0 Å². The topological polar surface area (TPSA) is 54.5 Å². The predicted molar refractivity (Wildman–Crippen MR) is 107 cm³/mol. The van der Waals surface area contributed by atoms with E-state index in [1.807, 2.05) is 0 Å². The Balaban J connectivity index is 0.00000261. The summed E-state index contributed by atoms with van der Waals surface area (Å²) in [5, 5.41) is 2.72. The number of anilines is 1. The van der Waals surface area contributed by atoms with Gasteiger partial charge in [-0.25, -0.2) is 4.39 Å². The number of hydrogen-bond acceptors (Lipinski definition) is 4. The lowest BCUT2D eigenvalue weighted by Gasteiger charge is -2.34. The van der Waals surface area contributed by atoms with E-state index < -0.39 is 11.7 Å². The number of benzene rings is 1. The zero-order valence-electron chi connectivity index (χ0n) is 15.1. The van der Waals surface area contributed by atoms with Gasteiger partial charge in [0, 0.05) is 18.7 Å². The van der Waals surface area contributed by atoms with Crippen molar-refractivity contribution in [2.24, 2.45) is 0 Å². The van der Waals surface area contributed by atoms with E-state index in [0.717, 1.165) is 25.5 Å². The van der Waals surface area contributed by atoms with Crippen molar-refractivity contribution in [1.82, 2.24) is 9.88 Å². The predicted octanol–water partition coefficient (Wildman–Crippen LogP) is 4.41. The van der Waals surface area contributed by atoms with E-state index in [4.69, 9.17) is 16.3 Å². The number of nitrogens with zero attached hydrogens (tertiary/aromatic N) is 2. The van der Waals surface area contributed by atoms with Crippen molar-refractivity contribution in [3.05, 3.63) is 52.8 Å². The highest BCUT2D eigenvalue weighted by molar-refractivity contribution is 6.34. The van der Waals surface area contributed by atoms with Gasteiger partial charge < -0.3 is 15.0 Å². The van der Waals surface area contributed by atoms with Crippen LogP contribution in [-0.4, -0.2) is 41.5 Å². The molecule has 0 unspecified atom stereocenters. The number of likely N-dealkylation sites (tertiary alicyclic amines) is 1. The number of hydrogen-bond donors (Lipinski definition) is 1. The van der Waals surface area contributed by atoms with Gasteiger partial charge in [0.15, 0.2) is 0 Å². The SMILES string of the molecule is C[C@H]1C[C@H](Oc2cccc(NC(=O)c3ccc(F)cc3Cl)n2)CCN1C.Cl. The highest BCUT2D eigenvalue weighted by atomic mass is 35.5. The summed E-state index contributed by atoms with van der Waals surface area (Å²) in [7, 11) is 2.11. The second kappa shape index (κ2) is 9.35. The first-order chi connectivity index (χ1) is 12.4. The lowest BCUT2D eigenvalue weighted by atomic mass is 10.0. The standard InChI is InChI=1S/C19H21ClFN3O2.ClH/c1-12-10-14(8-9-24(12)2)26-18-5-3-4-17(22-18)23-19(25)15-7-6-13(21)11-16(15)20;/h3-7,11-12,14H,8-10H2,1-2H3,(H,22,23,25);1H/t12-,14+;/m0./s1. The van der Waals surface area contributed by atoms with Crippen LogP contribution in [0.1, 0.15) is 30.1 Å². The molecule has 0 saturated carbocycles. The van der Waals surface area contributed by atoms with E-state index in [2.05, 4.69) is 29.2 Å². The average molecular weight is 414 g/mol. The van der Waals surface area contributed by atoms with Crippen molar-refractivity contribution >= 4 is 35.7 Å². The second-order valence-corrected chi connectivity index (χ2v) is 6.94. The van der Waals surface area contributed by atoms with Gasteiger partial charge in [0.25, 0.3) is 5.91 Å². The first-order valence-electron chi connectivity index (χ1n) is 8.52. The third kappa shape index (κ3) is 5.54. The molecule has 1 N–H and O–H groups in total. The third-order valence-corrected chi connectivity index (χ3v) is 4.90. The number of rotatable bonds is 4. The number of carbonyl (C=O) groups is 1. The molecule has 1 amide bonds. The minimum absolute atomic E-state index is 0. The number of amides is 1.